The van der Waals surface area contributed by atoms with Gasteiger partial charge in [0.2, 0.25) is 0 Å². The molecule has 0 saturated heterocycles. The van der Waals surface area contributed by atoms with Crippen molar-refractivity contribution in [3.8, 4) is 22.3 Å². The normalized spacial score (nSPS) is 11.6. The Hall–Kier alpha value is -3.27. The van der Waals surface area contributed by atoms with Crippen molar-refractivity contribution >= 4 is 34.9 Å². The van der Waals surface area contributed by atoms with Crippen molar-refractivity contribution in [3.05, 3.63) is 112 Å². The van der Waals surface area contributed by atoms with Crippen LogP contribution in [-0.2, 0) is 4.74 Å². The van der Waals surface area contributed by atoms with E-state index in [9.17, 15) is 4.79 Å². The van der Waals surface area contributed by atoms with Crippen molar-refractivity contribution in [2.75, 3.05) is 11.9 Å². The zero-order chi connectivity index (χ0) is 24.1. The number of rotatable bonds is 7. The van der Waals surface area contributed by atoms with Crippen LogP contribution in [0.25, 0.3) is 22.3 Å². The third kappa shape index (κ3) is 5.44. The molecule has 0 heterocycles. The molecule has 0 fully saturated rings. The first-order valence-electron chi connectivity index (χ1n) is 11.1. The van der Waals surface area contributed by atoms with Crippen molar-refractivity contribution in [2.45, 2.75) is 19.9 Å². The van der Waals surface area contributed by atoms with Crippen LogP contribution in [0.2, 0.25) is 10.0 Å². The molecule has 0 saturated carbocycles. The molecule has 34 heavy (non-hydrogen) atoms. The van der Waals surface area contributed by atoms with Gasteiger partial charge in [0, 0.05) is 16.8 Å². The Balaban J connectivity index is 1.55. The van der Waals surface area contributed by atoms with Crippen LogP contribution < -0.4 is 5.32 Å². The molecule has 4 aromatic rings. The molecule has 172 valence electrons. The van der Waals surface area contributed by atoms with E-state index in [1.807, 2.05) is 48.5 Å². The summed E-state index contributed by atoms with van der Waals surface area (Å²) in [6.45, 7) is 4.21. The highest BCUT2D eigenvalue weighted by Gasteiger charge is 2.16. The number of halogens is 2. The molecule has 4 aromatic carbocycles. The minimum atomic E-state index is -0.413. The van der Waals surface area contributed by atoms with Gasteiger partial charge >= 0.3 is 5.97 Å². The van der Waals surface area contributed by atoms with Crippen LogP contribution in [0.5, 0.6) is 0 Å². The number of hydrogen-bond donors (Lipinski definition) is 1. The standard InChI is InChI=1S/C29H25Cl2NO2/c1-3-34-29(33)27-17-12-22(18-28(27)31)26-7-5-4-6-25(26)19(2)32-24-15-10-21(11-16-24)20-8-13-23(30)14-9-20/h4-19,32H,3H2,1-2H3. The van der Waals surface area contributed by atoms with Crippen molar-refractivity contribution in [1.82, 2.24) is 0 Å². The van der Waals surface area contributed by atoms with E-state index in [-0.39, 0.29) is 6.04 Å². The van der Waals surface area contributed by atoms with E-state index in [4.69, 9.17) is 27.9 Å². The summed E-state index contributed by atoms with van der Waals surface area (Å²) in [5.74, 6) is -0.413. The molecule has 4 rings (SSSR count). The van der Waals surface area contributed by atoms with Crippen LogP contribution in [-0.4, -0.2) is 12.6 Å². The maximum atomic E-state index is 12.1. The Kier molecular flexibility index (Phi) is 7.56. The van der Waals surface area contributed by atoms with Crippen LogP contribution in [0.1, 0.15) is 35.8 Å². The highest BCUT2D eigenvalue weighted by atomic mass is 35.5. The largest absolute Gasteiger partial charge is 0.462 e. The lowest BCUT2D eigenvalue weighted by molar-refractivity contribution is 0.0526. The van der Waals surface area contributed by atoms with E-state index in [2.05, 4.69) is 48.6 Å². The Bertz CT molecular complexity index is 1280. The molecule has 1 atom stereocenters. The Morgan fingerprint density at radius 2 is 1.47 bits per heavy atom. The fourth-order valence-electron chi connectivity index (χ4n) is 3.92. The van der Waals surface area contributed by atoms with Gasteiger partial charge in [-0.2, -0.15) is 0 Å². The molecule has 0 spiro atoms. The first-order chi connectivity index (χ1) is 16.5. The second-order valence-corrected chi connectivity index (χ2v) is 8.80. The fraction of sp³-hybridized carbons (Fsp3) is 0.138. The molecule has 0 aliphatic rings. The van der Waals surface area contributed by atoms with Crippen LogP contribution in [0.4, 0.5) is 5.69 Å². The third-order valence-corrected chi connectivity index (χ3v) is 6.21. The third-order valence-electron chi connectivity index (χ3n) is 5.65. The van der Waals surface area contributed by atoms with E-state index < -0.39 is 5.97 Å². The minimum Gasteiger partial charge on any atom is -0.462 e. The monoisotopic (exact) mass is 489 g/mol. The molecule has 0 radical (unpaired) electrons. The molecule has 0 aliphatic carbocycles. The summed E-state index contributed by atoms with van der Waals surface area (Å²) < 4.78 is 5.09. The zero-order valence-corrected chi connectivity index (χ0v) is 20.5. The molecule has 1 N–H and O–H groups in total. The number of esters is 1. The summed E-state index contributed by atoms with van der Waals surface area (Å²) in [5, 5.41) is 4.70. The summed E-state index contributed by atoms with van der Waals surface area (Å²) in [5.41, 5.74) is 6.78. The van der Waals surface area contributed by atoms with Crippen molar-refractivity contribution in [3.63, 3.8) is 0 Å². The number of anilines is 1. The van der Waals surface area contributed by atoms with Gasteiger partial charge in [0.05, 0.1) is 17.2 Å². The quantitative estimate of drug-likeness (QED) is 0.264. The molecule has 3 nitrogen and oxygen atoms in total. The summed E-state index contributed by atoms with van der Waals surface area (Å²) >= 11 is 12.4. The predicted octanol–water partition coefficient (Wildman–Crippen LogP) is 8.68. The predicted molar refractivity (Wildman–Crippen MR) is 142 cm³/mol. The van der Waals surface area contributed by atoms with Gasteiger partial charge in [-0.15, -0.1) is 0 Å². The van der Waals surface area contributed by atoms with Crippen LogP contribution in [0.3, 0.4) is 0 Å². The fourth-order valence-corrected chi connectivity index (χ4v) is 4.31. The second kappa shape index (κ2) is 10.8. The molecular weight excluding hydrogens is 465 g/mol. The van der Waals surface area contributed by atoms with Gasteiger partial charge in [-0.05, 0) is 78.1 Å². The number of hydrogen-bond acceptors (Lipinski definition) is 3. The number of carbonyl (C=O) groups is 1. The van der Waals surface area contributed by atoms with Gasteiger partial charge < -0.3 is 10.1 Å². The van der Waals surface area contributed by atoms with Gasteiger partial charge in [0.15, 0.2) is 0 Å². The Morgan fingerprint density at radius 1 is 0.853 bits per heavy atom. The minimum absolute atomic E-state index is 0.0427. The molecule has 0 amide bonds. The van der Waals surface area contributed by atoms with Gasteiger partial charge in [-0.1, -0.05) is 77.8 Å². The lowest BCUT2D eigenvalue weighted by Crippen LogP contribution is -2.08. The maximum Gasteiger partial charge on any atom is 0.339 e. The van der Waals surface area contributed by atoms with Gasteiger partial charge in [0.1, 0.15) is 0 Å². The Morgan fingerprint density at radius 3 is 2.12 bits per heavy atom. The van der Waals surface area contributed by atoms with Crippen LogP contribution in [0, 0.1) is 0 Å². The lowest BCUT2D eigenvalue weighted by Gasteiger charge is -2.20. The molecule has 0 aliphatic heterocycles. The van der Waals surface area contributed by atoms with E-state index >= 15 is 0 Å². The second-order valence-electron chi connectivity index (χ2n) is 7.95. The summed E-state index contributed by atoms with van der Waals surface area (Å²) in [7, 11) is 0. The molecule has 1 unspecified atom stereocenters. The summed E-state index contributed by atoms with van der Waals surface area (Å²) in [6, 6.07) is 29.8. The SMILES string of the molecule is CCOC(=O)c1ccc(-c2ccccc2C(C)Nc2ccc(-c3ccc(Cl)cc3)cc2)cc1Cl. The topological polar surface area (TPSA) is 38.3 Å². The highest BCUT2D eigenvalue weighted by molar-refractivity contribution is 6.34. The lowest BCUT2D eigenvalue weighted by atomic mass is 9.94. The van der Waals surface area contributed by atoms with Gasteiger partial charge in [-0.25, -0.2) is 4.79 Å². The van der Waals surface area contributed by atoms with E-state index in [0.29, 0.717) is 17.2 Å². The van der Waals surface area contributed by atoms with Crippen molar-refractivity contribution < 1.29 is 9.53 Å². The van der Waals surface area contributed by atoms with E-state index in [1.54, 1.807) is 13.0 Å². The average Bonchev–Trinajstić information content (AvgIpc) is 2.85. The smallest absolute Gasteiger partial charge is 0.339 e. The number of carbonyl (C=O) groups excluding carboxylic acids is 1. The first-order valence-corrected chi connectivity index (χ1v) is 11.9. The molecule has 0 aromatic heterocycles. The summed E-state index contributed by atoms with van der Waals surface area (Å²) in [6.07, 6.45) is 0. The number of nitrogens with one attached hydrogen (secondary N) is 1. The van der Waals surface area contributed by atoms with E-state index in [1.165, 1.54) is 0 Å². The zero-order valence-electron chi connectivity index (χ0n) is 19.0. The average molecular weight is 490 g/mol. The Labute approximate surface area is 210 Å². The van der Waals surface area contributed by atoms with Crippen molar-refractivity contribution in [2.24, 2.45) is 0 Å². The maximum absolute atomic E-state index is 12.1. The summed E-state index contributed by atoms with van der Waals surface area (Å²) in [4.78, 5) is 12.1. The van der Waals surface area contributed by atoms with Crippen LogP contribution in [0.15, 0.2) is 91.0 Å². The number of benzene rings is 4. The molecular formula is C29H25Cl2NO2. The number of ether oxygens (including phenoxy) is 1. The molecule has 5 heteroatoms. The van der Waals surface area contributed by atoms with Gasteiger partial charge in [0.25, 0.3) is 0 Å². The van der Waals surface area contributed by atoms with Crippen molar-refractivity contribution in [1.29, 1.82) is 0 Å². The van der Waals surface area contributed by atoms with Crippen LogP contribution >= 0.6 is 23.2 Å². The highest BCUT2D eigenvalue weighted by Crippen LogP contribution is 2.33. The first kappa shape index (κ1) is 23.9. The molecule has 0 bridgehead atoms. The van der Waals surface area contributed by atoms with Gasteiger partial charge in [-0.3, -0.25) is 0 Å². The van der Waals surface area contributed by atoms with E-state index in [0.717, 1.165) is 38.5 Å².